The van der Waals surface area contributed by atoms with Crippen molar-refractivity contribution in [2.75, 3.05) is 13.6 Å². The minimum absolute atomic E-state index is 0.206. The maximum absolute atomic E-state index is 10.6. The molecule has 0 aliphatic carbocycles. The fraction of sp³-hybridized carbons (Fsp3) is 0.333. The number of nitrogens with one attached hydrogen (secondary N) is 1. The maximum atomic E-state index is 10.6. The molecule has 70 valence electrons. The Hall–Kier alpha value is -1.42. The highest BCUT2D eigenvalue weighted by atomic mass is 16.6. The van der Waals surface area contributed by atoms with E-state index in [2.05, 4.69) is 5.32 Å². The molecule has 0 atom stereocenters. The minimum Gasteiger partial charge on any atom is -0.319 e. The van der Waals surface area contributed by atoms with Gasteiger partial charge in [0.1, 0.15) is 0 Å². The van der Waals surface area contributed by atoms with E-state index in [4.69, 9.17) is 0 Å². The first-order valence-corrected chi connectivity index (χ1v) is 4.12. The maximum Gasteiger partial charge on any atom is 0.272 e. The van der Waals surface area contributed by atoms with Crippen LogP contribution in [-0.4, -0.2) is 18.5 Å². The molecule has 13 heavy (non-hydrogen) atoms. The van der Waals surface area contributed by atoms with Gasteiger partial charge in [0.25, 0.3) is 5.69 Å². The summed E-state index contributed by atoms with van der Waals surface area (Å²) in [6.45, 7) is 0.755. The average molecular weight is 180 g/mol. The van der Waals surface area contributed by atoms with Crippen molar-refractivity contribution in [3.05, 3.63) is 39.9 Å². The second kappa shape index (κ2) is 4.57. The predicted molar refractivity (Wildman–Crippen MR) is 50.7 cm³/mol. The lowest BCUT2D eigenvalue weighted by molar-refractivity contribution is -0.385. The lowest BCUT2D eigenvalue weighted by Gasteiger charge is -2.01. The van der Waals surface area contributed by atoms with Crippen LogP contribution in [0.1, 0.15) is 5.56 Å². The number of hydrogen-bond donors (Lipinski definition) is 1. The predicted octanol–water partition coefficient (Wildman–Crippen LogP) is 1.36. The van der Waals surface area contributed by atoms with Crippen molar-refractivity contribution < 1.29 is 4.92 Å². The number of para-hydroxylation sites is 1. The molecular formula is C9H12N2O2. The van der Waals surface area contributed by atoms with Crippen molar-refractivity contribution in [1.82, 2.24) is 5.32 Å². The Kier molecular flexibility index (Phi) is 3.40. The van der Waals surface area contributed by atoms with Crippen molar-refractivity contribution in [1.29, 1.82) is 0 Å². The molecule has 0 radical (unpaired) electrons. The third kappa shape index (κ3) is 2.52. The largest absolute Gasteiger partial charge is 0.319 e. The average Bonchev–Trinajstić information content (AvgIpc) is 2.15. The molecule has 0 fully saturated rings. The zero-order valence-corrected chi connectivity index (χ0v) is 7.49. The Balaban J connectivity index is 2.84. The summed E-state index contributed by atoms with van der Waals surface area (Å²) in [7, 11) is 1.83. The normalized spacial score (nSPS) is 9.92. The lowest BCUT2D eigenvalue weighted by atomic mass is 10.1. The molecule has 0 saturated heterocycles. The van der Waals surface area contributed by atoms with E-state index in [-0.39, 0.29) is 10.6 Å². The molecule has 0 unspecified atom stereocenters. The molecule has 0 saturated carbocycles. The van der Waals surface area contributed by atoms with Crippen LogP contribution in [0.25, 0.3) is 0 Å². The van der Waals surface area contributed by atoms with Gasteiger partial charge in [-0.3, -0.25) is 10.1 Å². The number of nitrogens with zero attached hydrogens (tertiary/aromatic N) is 1. The van der Waals surface area contributed by atoms with Gasteiger partial charge in [-0.1, -0.05) is 18.2 Å². The van der Waals surface area contributed by atoms with Gasteiger partial charge in [0.15, 0.2) is 0 Å². The van der Waals surface area contributed by atoms with Gasteiger partial charge in [0, 0.05) is 11.6 Å². The van der Waals surface area contributed by atoms with Crippen molar-refractivity contribution >= 4 is 5.69 Å². The van der Waals surface area contributed by atoms with Crippen LogP contribution in [0.2, 0.25) is 0 Å². The summed E-state index contributed by atoms with van der Waals surface area (Å²) < 4.78 is 0. The van der Waals surface area contributed by atoms with E-state index in [0.29, 0.717) is 6.42 Å². The molecule has 0 amide bonds. The second-order valence-electron chi connectivity index (χ2n) is 2.74. The number of nitro groups is 1. The van der Waals surface area contributed by atoms with E-state index >= 15 is 0 Å². The highest BCUT2D eigenvalue weighted by molar-refractivity contribution is 5.39. The molecule has 0 bridgehead atoms. The molecule has 1 N–H and O–H groups in total. The molecule has 4 nitrogen and oxygen atoms in total. The SMILES string of the molecule is CNCCc1ccccc1[N+](=O)[O-]. The number of hydrogen-bond acceptors (Lipinski definition) is 3. The minimum atomic E-state index is -0.342. The smallest absolute Gasteiger partial charge is 0.272 e. The third-order valence-corrected chi connectivity index (χ3v) is 1.83. The fourth-order valence-corrected chi connectivity index (χ4v) is 1.16. The van der Waals surface area contributed by atoms with Crippen LogP contribution in [0.3, 0.4) is 0 Å². The molecule has 1 aromatic rings. The topological polar surface area (TPSA) is 55.2 Å². The second-order valence-corrected chi connectivity index (χ2v) is 2.74. The summed E-state index contributed by atoms with van der Waals surface area (Å²) in [5.74, 6) is 0. The first kappa shape index (κ1) is 9.67. The lowest BCUT2D eigenvalue weighted by Crippen LogP contribution is -2.11. The van der Waals surface area contributed by atoms with Gasteiger partial charge in [-0.05, 0) is 20.0 Å². The molecule has 4 heteroatoms. The molecular weight excluding hydrogens is 168 g/mol. The number of nitro benzene ring substituents is 1. The standard InChI is InChI=1S/C9H12N2O2/c1-10-7-6-8-4-2-3-5-9(8)11(12)13/h2-5,10H,6-7H2,1H3. The first-order valence-electron chi connectivity index (χ1n) is 4.12. The van der Waals surface area contributed by atoms with Gasteiger partial charge in [0.2, 0.25) is 0 Å². The Morgan fingerprint density at radius 1 is 1.46 bits per heavy atom. The van der Waals surface area contributed by atoms with Crippen LogP contribution in [0.15, 0.2) is 24.3 Å². The molecule has 0 aliphatic heterocycles. The molecule has 1 rings (SSSR count). The summed E-state index contributed by atoms with van der Waals surface area (Å²) in [5.41, 5.74) is 0.986. The van der Waals surface area contributed by atoms with Crippen LogP contribution in [0.4, 0.5) is 5.69 Å². The van der Waals surface area contributed by atoms with Gasteiger partial charge in [-0.2, -0.15) is 0 Å². The van der Waals surface area contributed by atoms with E-state index < -0.39 is 0 Å². The van der Waals surface area contributed by atoms with Gasteiger partial charge >= 0.3 is 0 Å². The Bertz CT molecular complexity index is 299. The summed E-state index contributed by atoms with van der Waals surface area (Å²) in [6, 6.07) is 6.82. The van der Waals surface area contributed by atoms with Crippen molar-refractivity contribution in [3.63, 3.8) is 0 Å². The van der Waals surface area contributed by atoms with Crippen molar-refractivity contribution in [2.45, 2.75) is 6.42 Å². The fourth-order valence-electron chi connectivity index (χ4n) is 1.16. The van der Waals surface area contributed by atoms with Crippen molar-refractivity contribution in [2.24, 2.45) is 0 Å². The van der Waals surface area contributed by atoms with Gasteiger partial charge in [-0.15, -0.1) is 0 Å². The quantitative estimate of drug-likeness (QED) is 0.562. The molecule has 1 aromatic carbocycles. The highest BCUT2D eigenvalue weighted by Crippen LogP contribution is 2.17. The third-order valence-electron chi connectivity index (χ3n) is 1.83. The van der Waals surface area contributed by atoms with E-state index in [1.54, 1.807) is 12.1 Å². The van der Waals surface area contributed by atoms with Gasteiger partial charge in [0.05, 0.1) is 4.92 Å². The highest BCUT2D eigenvalue weighted by Gasteiger charge is 2.10. The van der Waals surface area contributed by atoms with E-state index in [0.717, 1.165) is 12.1 Å². The first-order chi connectivity index (χ1) is 6.25. The zero-order valence-electron chi connectivity index (χ0n) is 7.49. The van der Waals surface area contributed by atoms with Crippen LogP contribution in [0, 0.1) is 10.1 Å². The van der Waals surface area contributed by atoms with Gasteiger partial charge in [-0.25, -0.2) is 0 Å². The number of likely N-dealkylation sites (N-methyl/N-ethyl adjacent to an activating group) is 1. The van der Waals surface area contributed by atoms with Crippen LogP contribution < -0.4 is 5.32 Å². The van der Waals surface area contributed by atoms with Crippen LogP contribution in [-0.2, 0) is 6.42 Å². The molecule has 0 heterocycles. The molecule has 0 aliphatic rings. The monoisotopic (exact) mass is 180 g/mol. The summed E-state index contributed by atoms with van der Waals surface area (Å²) in [5, 5.41) is 13.5. The van der Waals surface area contributed by atoms with Crippen LogP contribution in [0.5, 0.6) is 0 Å². The Morgan fingerprint density at radius 3 is 2.77 bits per heavy atom. The van der Waals surface area contributed by atoms with E-state index in [1.165, 1.54) is 6.07 Å². The van der Waals surface area contributed by atoms with Gasteiger partial charge < -0.3 is 5.32 Å². The summed E-state index contributed by atoms with van der Waals surface area (Å²) in [6.07, 6.45) is 0.688. The summed E-state index contributed by atoms with van der Waals surface area (Å²) >= 11 is 0. The van der Waals surface area contributed by atoms with Crippen molar-refractivity contribution in [3.8, 4) is 0 Å². The Morgan fingerprint density at radius 2 is 2.15 bits per heavy atom. The zero-order chi connectivity index (χ0) is 9.68. The van der Waals surface area contributed by atoms with E-state index in [1.807, 2.05) is 13.1 Å². The molecule has 0 aromatic heterocycles. The number of benzene rings is 1. The number of rotatable bonds is 4. The summed E-state index contributed by atoms with van der Waals surface area (Å²) in [4.78, 5) is 10.2. The molecule has 0 spiro atoms. The Labute approximate surface area is 76.7 Å². The van der Waals surface area contributed by atoms with E-state index in [9.17, 15) is 10.1 Å². The van der Waals surface area contributed by atoms with Crippen LogP contribution >= 0.6 is 0 Å².